The van der Waals surface area contributed by atoms with Crippen molar-refractivity contribution in [2.75, 3.05) is 27.7 Å². The number of carbonyl (C=O) groups is 1. The molecule has 9 heteroatoms. The molecule has 1 saturated carbocycles. The number of piperidine rings is 1. The van der Waals surface area contributed by atoms with E-state index in [1.165, 1.54) is 24.3 Å². The molecule has 2 aliphatic carbocycles. The number of hydrogen-bond acceptors (Lipinski definition) is 5. The lowest BCUT2D eigenvalue weighted by Crippen LogP contribution is -2.77. The van der Waals surface area contributed by atoms with Gasteiger partial charge in [-0.3, -0.25) is 4.79 Å². The van der Waals surface area contributed by atoms with Crippen LogP contribution in [0.1, 0.15) is 41.5 Å². The number of ether oxygens (including phenoxy) is 2. The van der Waals surface area contributed by atoms with Gasteiger partial charge in [-0.1, -0.05) is 18.2 Å². The van der Waals surface area contributed by atoms with Crippen LogP contribution in [0.25, 0.3) is 6.08 Å². The Morgan fingerprint density at radius 3 is 2.79 bits per heavy atom. The molecule has 2 aliphatic heterocycles. The van der Waals surface area contributed by atoms with Crippen LogP contribution in [0.5, 0.6) is 11.5 Å². The molecule has 0 aromatic heterocycles. The second-order valence-electron chi connectivity index (χ2n) is 11.0. The molecule has 6 rings (SSSR count). The molecule has 38 heavy (non-hydrogen) atoms. The van der Waals surface area contributed by atoms with E-state index in [1.807, 2.05) is 6.07 Å². The van der Waals surface area contributed by atoms with E-state index in [9.17, 15) is 23.1 Å². The molecule has 2 heterocycles. The Hall–Kier alpha value is -3.04. The summed E-state index contributed by atoms with van der Waals surface area (Å²) in [6.07, 6.45) is 0.241. The number of nitrogens with zero attached hydrogens (tertiary/aromatic N) is 2. The number of halogens is 3. The van der Waals surface area contributed by atoms with Crippen LogP contribution in [-0.2, 0) is 22.8 Å². The summed E-state index contributed by atoms with van der Waals surface area (Å²) in [6, 6.07) is 8.46. The first kappa shape index (κ1) is 25.2. The van der Waals surface area contributed by atoms with E-state index >= 15 is 0 Å². The van der Waals surface area contributed by atoms with Gasteiger partial charge in [0.1, 0.15) is 6.10 Å². The van der Waals surface area contributed by atoms with Crippen LogP contribution < -0.4 is 9.47 Å². The second kappa shape index (κ2) is 8.48. The molecule has 1 spiro atoms. The number of likely N-dealkylation sites (tertiary alicyclic amines) is 1. The van der Waals surface area contributed by atoms with Crippen LogP contribution in [-0.4, -0.2) is 72.4 Å². The minimum absolute atomic E-state index is 0.0584. The van der Waals surface area contributed by atoms with Crippen molar-refractivity contribution in [1.82, 2.24) is 9.80 Å². The van der Waals surface area contributed by atoms with Gasteiger partial charge in [-0.15, -0.1) is 0 Å². The predicted molar refractivity (Wildman–Crippen MR) is 135 cm³/mol. The maximum atomic E-state index is 13.3. The summed E-state index contributed by atoms with van der Waals surface area (Å²) in [5.41, 5.74) is -0.0000866. The summed E-state index contributed by atoms with van der Waals surface area (Å²) in [5, 5.41) is 12.4. The topological polar surface area (TPSA) is 62.2 Å². The van der Waals surface area contributed by atoms with E-state index in [1.54, 1.807) is 19.1 Å². The SMILES string of the molecule is COc1ccc2c3c1OC1C(N(C)C(=O)/C=C/c4cccc(C(F)(F)F)c4)CC[C@@]4(O)[C@@H](C2)N(C)CC[C@]314. The van der Waals surface area contributed by atoms with Crippen molar-refractivity contribution in [2.24, 2.45) is 0 Å². The second-order valence-corrected chi connectivity index (χ2v) is 11.0. The predicted octanol–water partition coefficient (Wildman–Crippen LogP) is 4.04. The Balaban J connectivity index is 1.34. The number of rotatable bonds is 4. The lowest BCUT2D eigenvalue weighted by molar-refractivity contribution is -0.195. The molecule has 2 unspecified atom stereocenters. The van der Waals surface area contributed by atoms with E-state index in [-0.39, 0.29) is 18.0 Å². The lowest BCUT2D eigenvalue weighted by atomic mass is 9.48. The molecule has 0 radical (unpaired) electrons. The minimum Gasteiger partial charge on any atom is -0.493 e. The average molecular weight is 529 g/mol. The molecular weight excluding hydrogens is 497 g/mol. The van der Waals surface area contributed by atoms with Gasteiger partial charge in [-0.2, -0.15) is 13.2 Å². The van der Waals surface area contributed by atoms with Crippen LogP contribution in [0.2, 0.25) is 0 Å². The number of aliphatic hydroxyl groups is 1. The van der Waals surface area contributed by atoms with Crippen LogP contribution in [0.3, 0.4) is 0 Å². The summed E-state index contributed by atoms with van der Waals surface area (Å²) in [4.78, 5) is 17.2. The highest BCUT2D eigenvalue weighted by molar-refractivity contribution is 5.92. The summed E-state index contributed by atoms with van der Waals surface area (Å²) in [6.45, 7) is 0.794. The molecular formula is C29H31F3N2O4. The summed E-state index contributed by atoms with van der Waals surface area (Å²) in [5.74, 6) is 0.939. The number of alkyl halides is 3. The van der Waals surface area contributed by atoms with Gasteiger partial charge in [0.25, 0.3) is 0 Å². The molecule has 5 atom stereocenters. The largest absolute Gasteiger partial charge is 0.493 e. The van der Waals surface area contributed by atoms with Crippen LogP contribution >= 0.6 is 0 Å². The molecule has 202 valence electrons. The van der Waals surface area contributed by atoms with E-state index in [0.29, 0.717) is 36.3 Å². The Labute approximate surface area is 219 Å². The van der Waals surface area contributed by atoms with Crippen molar-refractivity contribution in [2.45, 2.75) is 61.1 Å². The maximum absolute atomic E-state index is 13.3. The van der Waals surface area contributed by atoms with Crippen molar-refractivity contribution in [1.29, 1.82) is 0 Å². The summed E-state index contributed by atoms with van der Waals surface area (Å²) < 4.78 is 51.6. The minimum atomic E-state index is -4.45. The fourth-order valence-electron chi connectivity index (χ4n) is 7.54. The number of carbonyl (C=O) groups excluding carboxylic acids is 1. The standard InChI is InChI=1S/C29H31F3N2O4/c1-33-14-13-27-24-18-8-9-21(37-3)25(24)38-26(27)20(11-12-28(27,36)22(33)16-18)34(2)23(35)10-7-17-5-4-6-19(15-17)29(30,31)32/h4-10,15,20,22,26,36H,11-14,16H2,1-3H3/b10-7+/t20?,22-,26?,27+,28-/m1/s1. The van der Waals surface area contributed by atoms with Gasteiger partial charge in [0.15, 0.2) is 11.5 Å². The third kappa shape index (κ3) is 3.37. The first-order valence-corrected chi connectivity index (χ1v) is 12.9. The quantitative estimate of drug-likeness (QED) is 0.608. The summed E-state index contributed by atoms with van der Waals surface area (Å²) in [7, 11) is 5.35. The van der Waals surface area contributed by atoms with E-state index in [2.05, 4.69) is 18.0 Å². The first-order valence-electron chi connectivity index (χ1n) is 12.9. The summed E-state index contributed by atoms with van der Waals surface area (Å²) >= 11 is 0. The number of amides is 1. The monoisotopic (exact) mass is 528 g/mol. The molecule has 2 aromatic carbocycles. The molecule has 4 aliphatic rings. The highest BCUT2D eigenvalue weighted by Gasteiger charge is 2.73. The lowest BCUT2D eigenvalue weighted by Gasteiger charge is -2.64. The van der Waals surface area contributed by atoms with Gasteiger partial charge in [0.05, 0.1) is 29.7 Å². The number of methoxy groups -OCH3 is 1. The van der Waals surface area contributed by atoms with Gasteiger partial charge in [-0.05, 0) is 74.7 Å². The van der Waals surface area contributed by atoms with Gasteiger partial charge in [0.2, 0.25) is 5.91 Å². The highest BCUT2D eigenvalue weighted by Crippen LogP contribution is 2.65. The third-order valence-corrected chi connectivity index (χ3v) is 9.38. The molecule has 2 fully saturated rings. The zero-order chi connectivity index (χ0) is 27.0. The number of benzene rings is 2. The van der Waals surface area contributed by atoms with Crippen molar-refractivity contribution in [3.8, 4) is 11.5 Å². The fourth-order valence-corrected chi connectivity index (χ4v) is 7.54. The van der Waals surface area contributed by atoms with Crippen molar-refractivity contribution in [3.05, 3.63) is 64.7 Å². The molecule has 6 nitrogen and oxygen atoms in total. The Kier molecular flexibility index (Phi) is 5.63. The van der Waals surface area contributed by atoms with Crippen LogP contribution in [0.4, 0.5) is 13.2 Å². The molecule has 1 amide bonds. The van der Waals surface area contributed by atoms with Crippen LogP contribution in [0.15, 0.2) is 42.5 Å². The van der Waals surface area contributed by atoms with Gasteiger partial charge in [-0.25, -0.2) is 0 Å². The van der Waals surface area contributed by atoms with E-state index in [0.717, 1.165) is 36.2 Å². The van der Waals surface area contributed by atoms with Crippen molar-refractivity contribution in [3.63, 3.8) is 0 Å². The number of hydrogen-bond donors (Lipinski definition) is 1. The maximum Gasteiger partial charge on any atom is 0.416 e. The first-order chi connectivity index (χ1) is 18.0. The molecule has 2 bridgehead atoms. The van der Waals surface area contributed by atoms with E-state index < -0.39 is 28.9 Å². The molecule has 1 saturated heterocycles. The zero-order valence-corrected chi connectivity index (χ0v) is 21.6. The molecule has 2 aromatic rings. The zero-order valence-electron chi connectivity index (χ0n) is 21.6. The highest BCUT2D eigenvalue weighted by atomic mass is 19.4. The molecule has 1 N–H and O–H groups in total. The van der Waals surface area contributed by atoms with E-state index in [4.69, 9.17) is 9.47 Å². The van der Waals surface area contributed by atoms with Crippen LogP contribution in [0, 0.1) is 0 Å². The average Bonchev–Trinajstić information content (AvgIpc) is 3.24. The number of likely N-dealkylation sites (N-methyl/N-ethyl adjacent to an activating group) is 2. The van der Waals surface area contributed by atoms with Gasteiger partial charge in [0, 0.05) is 24.7 Å². The smallest absolute Gasteiger partial charge is 0.416 e. The third-order valence-electron chi connectivity index (χ3n) is 9.38. The Morgan fingerprint density at radius 1 is 1.26 bits per heavy atom. The van der Waals surface area contributed by atoms with Gasteiger partial charge < -0.3 is 24.4 Å². The Morgan fingerprint density at radius 2 is 2.05 bits per heavy atom. The van der Waals surface area contributed by atoms with Gasteiger partial charge >= 0.3 is 6.18 Å². The fraction of sp³-hybridized carbons (Fsp3) is 0.483. The normalized spacial score (nSPS) is 31.6. The van der Waals surface area contributed by atoms with Crippen molar-refractivity contribution >= 4 is 12.0 Å². The van der Waals surface area contributed by atoms with Crippen molar-refractivity contribution < 1.29 is 32.5 Å². The Bertz CT molecular complexity index is 1330.